The Balaban J connectivity index is 1.92. The van der Waals surface area contributed by atoms with Crippen molar-refractivity contribution in [3.63, 3.8) is 0 Å². The summed E-state index contributed by atoms with van der Waals surface area (Å²) in [6.45, 7) is 1.91. The lowest BCUT2D eigenvalue weighted by molar-refractivity contribution is 0.447. The molecule has 0 amide bonds. The first-order valence-corrected chi connectivity index (χ1v) is 8.75. The van der Waals surface area contributed by atoms with Gasteiger partial charge in [-0.05, 0) is 60.7 Å². The minimum Gasteiger partial charge on any atom is -0.206 e. The minimum atomic E-state index is -1.61. The van der Waals surface area contributed by atoms with Crippen LogP contribution >= 0.6 is 0 Å². The quantitative estimate of drug-likeness (QED) is 0.246. The summed E-state index contributed by atoms with van der Waals surface area (Å²) in [7, 11) is 0. The van der Waals surface area contributed by atoms with Gasteiger partial charge in [-0.15, -0.1) is 0 Å². The third kappa shape index (κ3) is 4.14. The van der Waals surface area contributed by atoms with E-state index in [1.165, 1.54) is 18.2 Å². The highest BCUT2D eigenvalue weighted by Crippen LogP contribution is 2.31. The molecule has 0 nitrogen and oxygen atoms in total. The number of aryl methyl sites for hydroxylation is 1. The van der Waals surface area contributed by atoms with Gasteiger partial charge in [0.15, 0.2) is 17.5 Å². The van der Waals surface area contributed by atoms with Crippen LogP contribution in [-0.4, -0.2) is 0 Å². The molecule has 0 unspecified atom stereocenters. The predicted molar refractivity (Wildman–Crippen MR) is 100 cm³/mol. The predicted octanol–water partition coefficient (Wildman–Crippen LogP) is 7.22. The van der Waals surface area contributed by atoms with Crippen LogP contribution in [0.25, 0.3) is 22.3 Å². The zero-order chi connectivity index (χ0) is 20.3. The van der Waals surface area contributed by atoms with Crippen LogP contribution in [0.2, 0.25) is 0 Å². The molecule has 0 heterocycles. The van der Waals surface area contributed by atoms with Gasteiger partial charge in [-0.25, -0.2) is 22.0 Å². The van der Waals surface area contributed by atoms with Crippen molar-refractivity contribution in [1.29, 1.82) is 0 Å². The second kappa shape index (κ2) is 8.38. The molecule has 0 radical (unpaired) electrons. The van der Waals surface area contributed by atoms with Crippen LogP contribution in [0.1, 0.15) is 18.9 Å². The van der Waals surface area contributed by atoms with Gasteiger partial charge in [0.2, 0.25) is 0 Å². The van der Waals surface area contributed by atoms with Crippen LogP contribution in [0.15, 0.2) is 60.7 Å². The third-order valence-electron chi connectivity index (χ3n) is 4.44. The molecule has 0 saturated heterocycles. The van der Waals surface area contributed by atoms with E-state index in [1.54, 1.807) is 12.1 Å². The monoisotopic (exact) mass is 388 g/mol. The minimum absolute atomic E-state index is 0.107. The van der Waals surface area contributed by atoms with E-state index < -0.39 is 29.1 Å². The average molecular weight is 388 g/mol. The number of halogens is 5. The van der Waals surface area contributed by atoms with Crippen molar-refractivity contribution in [1.82, 2.24) is 0 Å². The van der Waals surface area contributed by atoms with Gasteiger partial charge in [-0.2, -0.15) is 0 Å². The first kappa shape index (κ1) is 19.8. The van der Waals surface area contributed by atoms with Crippen molar-refractivity contribution in [3.05, 3.63) is 95.3 Å². The fourth-order valence-corrected chi connectivity index (χ4v) is 2.99. The Labute approximate surface area is 160 Å². The zero-order valence-electron chi connectivity index (χ0n) is 15.1. The van der Waals surface area contributed by atoms with Crippen LogP contribution in [0.5, 0.6) is 0 Å². The average Bonchev–Trinajstić information content (AvgIpc) is 2.66. The van der Waals surface area contributed by atoms with Crippen molar-refractivity contribution >= 4 is 0 Å². The highest BCUT2D eigenvalue weighted by molar-refractivity contribution is 5.71. The van der Waals surface area contributed by atoms with Crippen LogP contribution in [0, 0.1) is 29.1 Å². The van der Waals surface area contributed by atoms with E-state index in [9.17, 15) is 22.0 Å². The molecule has 5 heteroatoms. The number of benzene rings is 3. The molecule has 3 aromatic carbocycles. The Kier molecular flexibility index (Phi) is 5.93. The maximum Gasteiger partial charge on any atom is 0.194 e. The Morgan fingerprint density at radius 1 is 0.679 bits per heavy atom. The van der Waals surface area contributed by atoms with Crippen molar-refractivity contribution in [2.45, 2.75) is 19.8 Å². The third-order valence-corrected chi connectivity index (χ3v) is 4.44. The Hall–Kier alpha value is -2.95. The van der Waals surface area contributed by atoms with E-state index in [4.69, 9.17) is 0 Å². The van der Waals surface area contributed by atoms with E-state index in [-0.39, 0.29) is 16.7 Å². The van der Waals surface area contributed by atoms with Gasteiger partial charge >= 0.3 is 0 Å². The van der Waals surface area contributed by atoms with E-state index in [2.05, 4.69) is 0 Å². The van der Waals surface area contributed by atoms with E-state index in [0.717, 1.165) is 30.2 Å². The smallest absolute Gasteiger partial charge is 0.194 e. The van der Waals surface area contributed by atoms with Gasteiger partial charge in [0.1, 0.15) is 11.6 Å². The largest absolute Gasteiger partial charge is 0.206 e. The second-order valence-corrected chi connectivity index (χ2v) is 6.37. The maximum atomic E-state index is 14.5. The standard InChI is InChI=1S/C23H17F5/c1-2-3-4-5-14-6-8-17(19(24)10-14)15-7-9-18(20(25)11-15)16-12-21(26)23(28)22(27)13-16/h2-3,6-13H,4-5H2,1H3. The molecule has 0 spiro atoms. The lowest BCUT2D eigenvalue weighted by atomic mass is 9.97. The summed E-state index contributed by atoms with van der Waals surface area (Å²) in [5, 5.41) is 0. The highest BCUT2D eigenvalue weighted by Gasteiger charge is 2.15. The first-order chi connectivity index (χ1) is 13.4. The van der Waals surface area contributed by atoms with Gasteiger partial charge in [-0.3, -0.25) is 0 Å². The first-order valence-electron chi connectivity index (χ1n) is 8.75. The van der Waals surface area contributed by atoms with Gasteiger partial charge in [0.05, 0.1) is 0 Å². The Bertz CT molecular complexity index is 1010. The molecule has 0 atom stereocenters. The fourth-order valence-electron chi connectivity index (χ4n) is 2.99. The Morgan fingerprint density at radius 3 is 1.86 bits per heavy atom. The van der Waals surface area contributed by atoms with Gasteiger partial charge in [0, 0.05) is 11.1 Å². The summed E-state index contributed by atoms with van der Waals surface area (Å²) in [4.78, 5) is 0. The Morgan fingerprint density at radius 2 is 1.25 bits per heavy atom. The molecule has 144 valence electrons. The summed E-state index contributed by atoms with van der Waals surface area (Å²) >= 11 is 0. The molecular weight excluding hydrogens is 371 g/mol. The molecule has 0 N–H and O–H groups in total. The van der Waals surface area contributed by atoms with Gasteiger partial charge in [-0.1, -0.05) is 36.4 Å². The van der Waals surface area contributed by atoms with E-state index >= 15 is 0 Å². The van der Waals surface area contributed by atoms with Crippen LogP contribution in [0.4, 0.5) is 22.0 Å². The highest BCUT2D eigenvalue weighted by atomic mass is 19.2. The summed E-state index contributed by atoms with van der Waals surface area (Å²) in [5.41, 5.74) is 1.09. The van der Waals surface area contributed by atoms with E-state index in [0.29, 0.717) is 12.0 Å². The number of hydrogen-bond acceptors (Lipinski definition) is 0. The van der Waals surface area contributed by atoms with Crippen LogP contribution in [-0.2, 0) is 6.42 Å². The summed E-state index contributed by atoms with van der Waals surface area (Å²) < 4.78 is 68.9. The maximum absolute atomic E-state index is 14.5. The van der Waals surface area contributed by atoms with Crippen LogP contribution < -0.4 is 0 Å². The molecule has 0 saturated carbocycles. The molecule has 0 fully saturated rings. The molecule has 0 aliphatic heterocycles. The van der Waals surface area contributed by atoms with E-state index in [1.807, 2.05) is 19.1 Å². The van der Waals surface area contributed by atoms with Crippen molar-refractivity contribution in [3.8, 4) is 22.3 Å². The van der Waals surface area contributed by atoms with Crippen LogP contribution in [0.3, 0.4) is 0 Å². The summed E-state index contributed by atoms with van der Waals surface area (Å²) in [6, 6.07) is 10.0. The normalized spacial score (nSPS) is 11.4. The molecule has 0 aliphatic rings. The molecule has 0 bridgehead atoms. The lowest BCUT2D eigenvalue weighted by Crippen LogP contribution is -1.94. The zero-order valence-corrected chi connectivity index (χ0v) is 15.1. The summed E-state index contributed by atoms with van der Waals surface area (Å²) in [5.74, 6) is -5.70. The fraction of sp³-hybridized carbons (Fsp3) is 0.130. The molecule has 3 rings (SSSR count). The van der Waals surface area contributed by atoms with Gasteiger partial charge in [0.25, 0.3) is 0 Å². The molecule has 28 heavy (non-hydrogen) atoms. The van der Waals surface area contributed by atoms with Crippen molar-refractivity contribution in [2.24, 2.45) is 0 Å². The van der Waals surface area contributed by atoms with Crippen molar-refractivity contribution < 1.29 is 22.0 Å². The lowest BCUT2D eigenvalue weighted by Gasteiger charge is -2.10. The SMILES string of the molecule is CC=CCCc1ccc(-c2ccc(-c3cc(F)c(F)c(F)c3)c(F)c2)c(F)c1. The molecule has 0 aromatic heterocycles. The summed E-state index contributed by atoms with van der Waals surface area (Å²) in [6.07, 6.45) is 5.40. The molecule has 3 aromatic rings. The topological polar surface area (TPSA) is 0 Å². The van der Waals surface area contributed by atoms with Crippen molar-refractivity contribution in [2.75, 3.05) is 0 Å². The number of allylic oxidation sites excluding steroid dienone is 2. The van der Waals surface area contributed by atoms with Gasteiger partial charge < -0.3 is 0 Å². The number of hydrogen-bond donors (Lipinski definition) is 0. The number of rotatable bonds is 5. The second-order valence-electron chi connectivity index (χ2n) is 6.37. The molecule has 0 aliphatic carbocycles. The molecular formula is C23H17F5.